The minimum atomic E-state index is -0.392. The summed E-state index contributed by atoms with van der Waals surface area (Å²) < 4.78 is 14.6. The fourth-order valence-corrected chi connectivity index (χ4v) is 4.48. The van der Waals surface area contributed by atoms with Gasteiger partial charge in [-0.05, 0) is 35.8 Å². The minimum absolute atomic E-state index is 0.392. The molecule has 2 aromatic rings. The molecular formula is C25H35FN2. The van der Waals surface area contributed by atoms with Gasteiger partial charge in [0.05, 0.1) is 5.56 Å². The maximum atomic E-state index is 14.6. The molecule has 0 amide bonds. The topological polar surface area (TPSA) is 25.8 Å². The lowest BCUT2D eigenvalue weighted by Crippen LogP contribution is -2.15. The highest BCUT2D eigenvalue weighted by molar-refractivity contribution is 5.62. The Kier molecular flexibility index (Phi) is 8.00. The summed E-state index contributed by atoms with van der Waals surface area (Å²) in [5.74, 6) is 1.96. The van der Waals surface area contributed by atoms with Crippen LogP contribution in [0.1, 0.15) is 83.0 Å². The SMILES string of the molecule is CCCC[C@H]1CC[C@H](CCc2ncc(-c3ccc(CCC)cc3)c(F)n2)CC1. The Morgan fingerprint density at radius 2 is 1.57 bits per heavy atom. The van der Waals surface area contributed by atoms with E-state index in [-0.39, 0.29) is 0 Å². The normalized spacial score (nSPS) is 19.7. The molecule has 1 aliphatic rings. The average molecular weight is 383 g/mol. The van der Waals surface area contributed by atoms with Crippen LogP contribution in [0.3, 0.4) is 0 Å². The lowest BCUT2D eigenvalue weighted by atomic mass is 9.78. The van der Waals surface area contributed by atoms with Crippen LogP contribution >= 0.6 is 0 Å². The predicted molar refractivity (Wildman–Crippen MR) is 115 cm³/mol. The molecule has 1 aromatic heterocycles. The van der Waals surface area contributed by atoms with E-state index in [4.69, 9.17) is 0 Å². The van der Waals surface area contributed by atoms with E-state index in [1.54, 1.807) is 6.20 Å². The second-order valence-electron chi connectivity index (χ2n) is 8.51. The summed E-state index contributed by atoms with van der Waals surface area (Å²) in [6.07, 6.45) is 15.2. The van der Waals surface area contributed by atoms with Crippen molar-refractivity contribution < 1.29 is 4.39 Å². The van der Waals surface area contributed by atoms with Gasteiger partial charge in [-0.3, -0.25) is 0 Å². The quantitative estimate of drug-likeness (QED) is 0.430. The first-order valence-electron chi connectivity index (χ1n) is 11.3. The molecule has 152 valence electrons. The molecule has 3 rings (SSSR count). The van der Waals surface area contributed by atoms with E-state index in [2.05, 4.69) is 35.9 Å². The van der Waals surface area contributed by atoms with Crippen LogP contribution in [0.25, 0.3) is 11.1 Å². The molecule has 1 fully saturated rings. The number of nitrogens with zero attached hydrogens (tertiary/aromatic N) is 2. The first kappa shape index (κ1) is 21.0. The Morgan fingerprint density at radius 3 is 2.18 bits per heavy atom. The van der Waals surface area contributed by atoms with Gasteiger partial charge < -0.3 is 0 Å². The second-order valence-corrected chi connectivity index (χ2v) is 8.51. The van der Waals surface area contributed by atoms with Crippen molar-refractivity contribution in [3.8, 4) is 11.1 Å². The second kappa shape index (κ2) is 10.7. The van der Waals surface area contributed by atoms with Gasteiger partial charge in [-0.2, -0.15) is 4.39 Å². The molecule has 28 heavy (non-hydrogen) atoms. The number of unbranched alkanes of at least 4 members (excludes halogenated alkanes) is 1. The molecule has 3 heteroatoms. The predicted octanol–water partition coefficient (Wildman–Crippen LogP) is 7.16. The largest absolute Gasteiger partial charge is 0.241 e. The highest BCUT2D eigenvalue weighted by Gasteiger charge is 2.21. The summed E-state index contributed by atoms with van der Waals surface area (Å²) in [4.78, 5) is 8.63. The van der Waals surface area contributed by atoms with Gasteiger partial charge in [-0.25, -0.2) is 9.97 Å². The third-order valence-electron chi connectivity index (χ3n) is 6.30. The van der Waals surface area contributed by atoms with Crippen molar-refractivity contribution >= 4 is 0 Å². The fourth-order valence-electron chi connectivity index (χ4n) is 4.48. The Bertz CT molecular complexity index is 718. The zero-order valence-electron chi connectivity index (χ0n) is 17.6. The fraction of sp³-hybridized carbons (Fsp3) is 0.600. The van der Waals surface area contributed by atoms with Gasteiger partial charge in [0, 0.05) is 12.6 Å². The van der Waals surface area contributed by atoms with Crippen LogP contribution in [0.15, 0.2) is 30.5 Å². The summed E-state index contributed by atoms with van der Waals surface area (Å²) in [6, 6.07) is 8.10. The molecule has 0 N–H and O–H groups in total. The number of hydrogen-bond acceptors (Lipinski definition) is 2. The van der Waals surface area contributed by atoms with Crippen molar-refractivity contribution in [1.29, 1.82) is 0 Å². The van der Waals surface area contributed by atoms with Crippen molar-refractivity contribution in [2.75, 3.05) is 0 Å². The van der Waals surface area contributed by atoms with Gasteiger partial charge in [0.2, 0.25) is 5.95 Å². The summed E-state index contributed by atoms with van der Waals surface area (Å²) in [6.45, 7) is 4.44. The third-order valence-corrected chi connectivity index (χ3v) is 6.30. The van der Waals surface area contributed by atoms with Gasteiger partial charge in [-0.1, -0.05) is 89.5 Å². The van der Waals surface area contributed by atoms with Gasteiger partial charge in [0.1, 0.15) is 5.82 Å². The minimum Gasteiger partial charge on any atom is -0.241 e. The van der Waals surface area contributed by atoms with Crippen LogP contribution in [0, 0.1) is 17.8 Å². The first-order chi connectivity index (χ1) is 13.7. The van der Waals surface area contributed by atoms with Crippen molar-refractivity contribution in [2.24, 2.45) is 11.8 Å². The zero-order chi connectivity index (χ0) is 19.8. The van der Waals surface area contributed by atoms with Gasteiger partial charge in [0.15, 0.2) is 0 Å². The highest BCUT2D eigenvalue weighted by atomic mass is 19.1. The van der Waals surface area contributed by atoms with E-state index >= 15 is 0 Å². The van der Waals surface area contributed by atoms with Crippen LogP contribution in [0.4, 0.5) is 4.39 Å². The molecular weight excluding hydrogens is 347 g/mol. The highest BCUT2D eigenvalue weighted by Crippen LogP contribution is 2.34. The van der Waals surface area contributed by atoms with E-state index in [9.17, 15) is 4.39 Å². The van der Waals surface area contributed by atoms with Crippen LogP contribution in [-0.2, 0) is 12.8 Å². The number of aromatic nitrogens is 2. The van der Waals surface area contributed by atoms with Crippen LogP contribution in [-0.4, -0.2) is 9.97 Å². The lowest BCUT2D eigenvalue weighted by molar-refractivity contribution is 0.249. The van der Waals surface area contributed by atoms with Gasteiger partial charge in [0.25, 0.3) is 0 Å². The molecule has 0 saturated heterocycles. The molecule has 1 saturated carbocycles. The molecule has 0 bridgehead atoms. The first-order valence-corrected chi connectivity index (χ1v) is 11.3. The summed E-state index contributed by atoms with van der Waals surface area (Å²) in [7, 11) is 0. The Labute approximate surface area is 170 Å². The number of rotatable bonds is 9. The van der Waals surface area contributed by atoms with Gasteiger partial charge in [-0.15, -0.1) is 0 Å². The maximum absolute atomic E-state index is 14.6. The number of benzene rings is 1. The van der Waals surface area contributed by atoms with Crippen molar-refractivity contribution in [3.63, 3.8) is 0 Å². The van der Waals surface area contributed by atoms with Crippen molar-refractivity contribution in [3.05, 3.63) is 47.8 Å². The molecule has 0 atom stereocenters. The monoisotopic (exact) mass is 382 g/mol. The standard InChI is InChI=1S/C25H35FN2/c1-3-5-7-20-8-10-21(11-9-20)14-17-24-27-18-23(25(26)28-24)22-15-12-19(6-4-2)13-16-22/h12-13,15-16,18,20-21H,3-11,14,17H2,1-2H3/t20-,21-. The van der Waals surface area contributed by atoms with Crippen molar-refractivity contribution in [2.45, 2.75) is 84.5 Å². The summed E-state index contributed by atoms with van der Waals surface area (Å²) >= 11 is 0. The Hall–Kier alpha value is -1.77. The number of hydrogen-bond donors (Lipinski definition) is 0. The average Bonchev–Trinajstić information content (AvgIpc) is 2.72. The van der Waals surface area contributed by atoms with Crippen LogP contribution in [0.5, 0.6) is 0 Å². The Balaban J connectivity index is 1.52. The summed E-state index contributed by atoms with van der Waals surface area (Å²) in [5.41, 5.74) is 2.64. The smallest absolute Gasteiger partial charge is 0.224 e. The molecule has 1 aliphatic carbocycles. The number of aryl methyl sites for hydroxylation is 2. The molecule has 1 aromatic carbocycles. The van der Waals surface area contributed by atoms with E-state index < -0.39 is 5.95 Å². The molecule has 0 spiro atoms. The molecule has 2 nitrogen and oxygen atoms in total. The number of halogens is 1. The summed E-state index contributed by atoms with van der Waals surface area (Å²) in [5, 5.41) is 0. The molecule has 0 unspecified atom stereocenters. The zero-order valence-corrected chi connectivity index (χ0v) is 17.6. The van der Waals surface area contributed by atoms with Gasteiger partial charge >= 0.3 is 0 Å². The van der Waals surface area contributed by atoms with Crippen LogP contribution < -0.4 is 0 Å². The van der Waals surface area contributed by atoms with Crippen molar-refractivity contribution in [1.82, 2.24) is 9.97 Å². The van der Waals surface area contributed by atoms with E-state index in [1.165, 1.54) is 50.5 Å². The van der Waals surface area contributed by atoms with E-state index in [1.807, 2.05) is 12.1 Å². The van der Waals surface area contributed by atoms with Crippen LogP contribution in [0.2, 0.25) is 0 Å². The van der Waals surface area contributed by atoms with E-state index in [0.29, 0.717) is 11.4 Å². The van der Waals surface area contributed by atoms with E-state index in [0.717, 1.165) is 43.1 Å². The lowest BCUT2D eigenvalue weighted by Gasteiger charge is -2.28. The molecule has 1 heterocycles. The third kappa shape index (κ3) is 5.86. The molecule has 0 radical (unpaired) electrons. The molecule has 0 aliphatic heterocycles. The Morgan fingerprint density at radius 1 is 0.893 bits per heavy atom. The maximum Gasteiger partial charge on any atom is 0.224 e.